The molecular formula is C23H17FN2O4. The van der Waals surface area contributed by atoms with Crippen molar-refractivity contribution in [1.29, 1.82) is 0 Å². The zero-order valence-corrected chi connectivity index (χ0v) is 16.0. The molecule has 0 saturated heterocycles. The van der Waals surface area contributed by atoms with Gasteiger partial charge in [-0.05, 0) is 35.0 Å². The Morgan fingerprint density at radius 1 is 0.933 bits per heavy atom. The van der Waals surface area contributed by atoms with Crippen LogP contribution in [0.3, 0.4) is 0 Å². The van der Waals surface area contributed by atoms with Crippen molar-refractivity contribution in [3.05, 3.63) is 89.2 Å². The maximum atomic E-state index is 14.2. The van der Waals surface area contributed by atoms with Crippen LogP contribution in [0.25, 0.3) is 10.9 Å². The number of rotatable bonds is 7. The molecule has 0 spiro atoms. The van der Waals surface area contributed by atoms with E-state index in [4.69, 9.17) is 14.2 Å². The topological polar surface area (TPSA) is 70.0 Å². The Hall–Kier alpha value is -4.00. The monoisotopic (exact) mass is 404 g/mol. The van der Waals surface area contributed by atoms with E-state index in [0.717, 1.165) is 11.6 Å². The highest BCUT2D eigenvalue weighted by Gasteiger charge is 2.14. The van der Waals surface area contributed by atoms with Crippen molar-refractivity contribution < 1.29 is 18.6 Å². The molecule has 0 fully saturated rings. The summed E-state index contributed by atoms with van der Waals surface area (Å²) in [5, 5.41) is 3.34. The van der Waals surface area contributed by atoms with Gasteiger partial charge in [0.1, 0.15) is 18.0 Å². The zero-order valence-electron chi connectivity index (χ0n) is 16.0. The molecule has 1 aromatic heterocycles. The van der Waals surface area contributed by atoms with Crippen molar-refractivity contribution in [2.24, 2.45) is 5.18 Å². The summed E-state index contributed by atoms with van der Waals surface area (Å²) in [6.07, 6.45) is 1.56. The summed E-state index contributed by atoms with van der Waals surface area (Å²) in [7, 11) is 1.55. The molecule has 0 bridgehead atoms. The van der Waals surface area contributed by atoms with Crippen LogP contribution in [0.4, 0.5) is 10.1 Å². The molecule has 0 N–H and O–H groups in total. The first-order valence-electron chi connectivity index (χ1n) is 9.12. The lowest BCUT2D eigenvalue weighted by Gasteiger charge is -2.14. The predicted molar refractivity (Wildman–Crippen MR) is 111 cm³/mol. The second kappa shape index (κ2) is 8.57. The molecule has 0 radical (unpaired) electrons. The van der Waals surface area contributed by atoms with Gasteiger partial charge in [-0.25, -0.2) is 4.39 Å². The first-order chi connectivity index (χ1) is 14.7. The standard InChI is InChI=1S/C23H17FN2O4/c1-28-22-13-19-17(12-23(22)29-14-15-5-3-2-4-6-15)20(9-10-25-19)30-21-8-7-16(26-27)11-18(21)24/h2-13H,14H2,1H3. The van der Waals surface area contributed by atoms with Crippen LogP contribution in [0.5, 0.6) is 23.0 Å². The molecule has 6 nitrogen and oxygen atoms in total. The average molecular weight is 404 g/mol. The van der Waals surface area contributed by atoms with Crippen molar-refractivity contribution in [2.45, 2.75) is 6.61 Å². The Morgan fingerprint density at radius 2 is 1.77 bits per heavy atom. The Kier molecular flexibility index (Phi) is 5.52. The summed E-state index contributed by atoms with van der Waals surface area (Å²) in [6.45, 7) is 0.355. The number of nitroso groups, excluding NO2 is 1. The first kappa shape index (κ1) is 19.3. The number of benzene rings is 3. The fourth-order valence-corrected chi connectivity index (χ4v) is 2.97. The number of fused-ring (bicyclic) bond motifs is 1. The van der Waals surface area contributed by atoms with Gasteiger partial charge in [0.25, 0.3) is 0 Å². The van der Waals surface area contributed by atoms with Crippen LogP contribution in [0, 0.1) is 10.7 Å². The van der Waals surface area contributed by atoms with E-state index in [-0.39, 0.29) is 11.4 Å². The predicted octanol–water partition coefficient (Wildman–Crippen LogP) is 6.15. The normalized spacial score (nSPS) is 10.6. The second-order valence-corrected chi connectivity index (χ2v) is 6.41. The number of aromatic nitrogens is 1. The number of hydrogen-bond acceptors (Lipinski definition) is 6. The average Bonchev–Trinajstić information content (AvgIpc) is 2.79. The quantitative estimate of drug-likeness (QED) is 0.345. The number of hydrogen-bond donors (Lipinski definition) is 0. The lowest BCUT2D eigenvalue weighted by atomic mass is 10.1. The van der Waals surface area contributed by atoms with Crippen molar-refractivity contribution in [3.8, 4) is 23.0 Å². The minimum absolute atomic E-state index is 0.0132. The van der Waals surface area contributed by atoms with Gasteiger partial charge in [0.05, 0.1) is 12.6 Å². The Bertz CT molecular complexity index is 1200. The van der Waals surface area contributed by atoms with Gasteiger partial charge in [0.2, 0.25) is 0 Å². The Balaban J connectivity index is 1.69. The van der Waals surface area contributed by atoms with Crippen LogP contribution < -0.4 is 14.2 Å². The summed E-state index contributed by atoms with van der Waals surface area (Å²) in [4.78, 5) is 14.9. The van der Waals surface area contributed by atoms with Crippen molar-refractivity contribution in [3.63, 3.8) is 0 Å². The van der Waals surface area contributed by atoms with Gasteiger partial charge in [-0.3, -0.25) is 4.98 Å². The van der Waals surface area contributed by atoms with E-state index in [1.807, 2.05) is 30.3 Å². The van der Waals surface area contributed by atoms with Gasteiger partial charge < -0.3 is 14.2 Å². The zero-order chi connectivity index (χ0) is 20.9. The van der Waals surface area contributed by atoms with Crippen LogP contribution >= 0.6 is 0 Å². The van der Waals surface area contributed by atoms with Crippen molar-refractivity contribution in [1.82, 2.24) is 4.98 Å². The van der Waals surface area contributed by atoms with Crippen LogP contribution in [-0.2, 0) is 6.61 Å². The highest BCUT2D eigenvalue weighted by atomic mass is 19.1. The molecule has 4 rings (SSSR count). The first-order valence-corrected chi connectivity index (χ1v) is 9.12. The van der Waals surface area contributed by atoms with Crippen LogP contribution in [-0.4, -0.2) is 12.1 Å². The second-order valence-electron chi connectivity index (χ2n) is 6.41. The van der Waals surface area contributed by atoms with Crippen LogP contribution in [0.15, 0.2) is 78.1 Å². The SMILES string of the molecule is COc1cc2nccc(Oc3ccc(N=O)cc3F)c2cc1OCc1ccccc1. The minimum atomic E-state index is -0.689. The summed E-state index contributed by atoms with van der Waals surface area (Å²) in [6, 6.07) is 18.6. The van der Waals surface area contributed by atoms with E-state index in [0.29, 0.717) is 34.8 Å². The fourth-order valence-electron chi connectivity index (χ4n) is 2.97. The maximum Gasteiger partial charge on any atom is 0.167 e. The van der Waals surface area contributed by atoms with E-state index in [9.17, 15) is 9.30 Å². The van der Waals surface area contributed by atoms with Gasteiger partial charge in [-0.1, -0.05) is 30.3 Å². The lowest BCUT2D eigenvalue weighted by Crippen LogP contribution is -1.98. The largest absolute Gasteiger partial charge is 0.493 e. The molecule has 0 aliphatic carbocycles. The van der Waals surface area contributed by atoms with Gasteiger partial charge in [-0.15, -0.1) is 4.91 Å². The van der Waals surface area contributed by atoms with E-state index < -0.39 is 5.82 Å². The molecule has 30 heavy (non-hydrogen) atoms. The summed E-state index contributed by atoms with van der Waals surface area (Å²) in [5.74, 6) is 0.699. The smallest absolute Gasteiger partial charge is 0.167 e. The third-order valence-corrected chi connectivity index (χ3v) is 4.46. The minimum Gasteiger partial charge on any atom is -0.493 e. The molecular weight excluding hydrogens is 387 g/mol. The molecule has 150 valence electrons. The van der Waals surface area contributed by atoms with Crippen LogP contribution in [0.2, 0.25) is 0 Å². The van der Waals surface area contributed by atoms with E-state index in [1.54, 1.807) is 31.5 Å². The van der Waals surface area contributed by atoms with Crippen LogP contribution in [0.1, 0.15) is 5.56 Å². The highest BCUT2D eigenvalue weighted by Crippen LogP contribution is 2.38. The van der Waals surface area contributed by atoms with Gasteiger partial charge in [0.15, 0.2) is 23.1 Å². The molecule has 7 heteroatoms. The number of pyridine rings is 1. The number of ether oxygens (including phenoxy) is 3. The van der Waals surface area contributed by atoms with E-state index in [1.165, 1.54) is 12.1 Å². The summed E-state index contributed by atoms with van der Waals surface area (Å²) in [5.41, 5.74) is 1.59. The molecule has 0 atom stereocenters. The highest BCUT2D eigenvalue weighted by molar-refractivity contribution is 5.88. The van der Waals surface area contributed by atoms with Gasteiger partial charge in [0, 0.05) is 23.7 Å². The van der Waals surface area contributed by atoms with Crippen molar-refractivity contribution in [2.75, 3.05) is 7.11 Å². The summed E-state index contributed by atoms with van der Waals surface area (Å²) >= 11 is 0. The van der Waals surface area contributed by atoms with Gasteiger partial charge in [-0.2, -0.15) is 0 Å². The number of nitrogens with zero attached hydrogens (tertiary/aromatic N) is 2. The van der Waals surface area contributed by atoms with E-state index in [2.05, 4.69) is 10.2 Å². The Morgan fingerprint density at radius 3 is 2.50 bits per heavy atom. The fraction of sp³-hybridized carbons (Fsp3) is 0.0870. The Labute approximate surface area is 171 Å². The molecule has 3 aromatic carbocycles. The molecule has 0 unspecified atom stereocenters. The van der Waals surface area contributed by atoms with Crippen molar-refractivity contribution >= 4 is 16.6 Å². The third kappa shape index (κ3) is 4.05. The van der Waals surface area contributed by atoms with Gasteiger partial charge >= 0.3 is 0 Å². The molecule has 0 aliphatic heterocycles. The van der Waals surface area contributed by atoms with E-state index >= 15 is 0 Å². The molecule has 4 aromatic rings. The molecule has 0 amide bonds. The third-order valence-electron chi connectivity index (χ3n) is 4.46. The molecule has 0 aliphatic rings. The number of halogens is 1. The molecule has 0 saturated carbocycles. The number of methoxy groups -OCH3 is 1. The maximum absolute atomic E-state index is 14.2. The molecule has 1 heterocycles. The summed E-state index contributed by atoms with van der Waals surface area (Å²) < 4.78 is 31.4. The lowest BCUT2D eigenvalue weighted by molar-refractivity contribution is 0.285.